The molecule has 5 heteroatoms. The Kier molecular flexibility index (Phi) is 7.86. The minimum Gasteiger partial charge on any atom is -0.353 e. The van der Waals surface area contributed by atoms with Gasteiger partial charge in [0, 0.05) is 36.6 Å². The average molecular weight is 335 g/mol. The smallest absolute Gasteiger partial charge is 0.221 e. The zero-order valence-electron chi connectivity index (χ0n) is 13.6. The van der Waals surface area contributed by atoms with E-state index in [1.807, 2.05) is 11.8 Å². The van der Waals surface area contributed by atoms with Gasteiger partial charge in [-0.2, -0.15) is 11.8 Å². The van der Waals surface area contributed by atoms with Crippen LogP contribution in [0.5, 0.6) is 0 Å². The molecule has 2 N–H and O–H groups in total. The molecule has 0 radical (unpaired) electrons. The van der Waals surface area contributed by atoms with Gasteiger partial charge in [0.15, 0.2) is 0 Å². The number of carbonyl (C=O) groups is 1. The molecular weight excluding hydrogens is 304 g/mol. The third kappa shape index (κ3) is 5.99. The highest BCUT2D eigenvalue weighted by molar-refractivity contribution is 7.99. The lowest BCUT2D eigenvalue weighted by molar-refractivity contribution is -0.123. The van der Waals surface area contributed by atoms with Crippen LogP contribution in [-0.4, -0.2) is 36.0 Å². The molecule has 1 saturated carbocycles. The predicted molar refractivity (Wildman–Crippen MR) is 94.3 cm³/mol. The van der Waals surface area contributed by atoms with Crippen molar-refractivity contribution in [3.8, 4) is 0 Å². The van der Waals surface area contributed by atoms with Crippen molar-refractivity contribution >= 4 is 30.1 Å². The van der Waals surface area contributed by atoms with Crippen LogP contribution < -0.4 is 10.6 Å². The molecule has 1 aliphatic carbocycles. The van der Waals surface area contributed by atoms with Crippen molar-refractivity contribution < 1.29 is 4.79 Å². The second-order valence-corrected chi connectivity index (χ2v) is 8.51. The van der Waals surface area contributed by atoms with Gasteiger partial charge in [0.1, 0.15) is 0 Å². The first-order valence-electron chi connectivity index (χ1n) is 8.07. The summed E-state index contributed by atoms with van der Waals surface area (Å²) >= 11 is 1.95. The molecule has 3 unspecified atom stereocenters. The van der Waals surface area contributed by atoms with Crippen molar-refractivity contribution in [3.63, 3.8) is 0 Å². The summed E-state index contributed by atoms with van der Waals surface area (Å²) < 4.78 is 0. The van der Waals surface area contributed by atoms with Gasteiger partial charge in [0.05, 0.1) is 0 Å². The van der Waals surface area contributed by atoms with E-state index in [0.717, 1.165) is 18.7 Å². The first kappa shape index (κ1) is 19.1. The normalized spacial score (nSPS) is 30.3. The highest BCUT2D eigenvalue weighted by Gasteiger charge is 2.35. The molecule has 0 aromatic heterocycles. The molecule has 2 rings (SSSR count). The minimum atomic E-state index is 0. The van der Waals surface area contributed by atoms with E-state index in [1.165, 1.54) is 25.0 Å². The van der Waals surface area contributed by atoms with Crippen molar-refractivity contribution in [1.82, 2.24) is 10.6 Å². The van der Waals surface area contributed by atoms with E-state index in [2.05, 4.69) is 31.4 Å². The summed E-state index contributed by atoms with van der Waals surface area (Å²) in [6.07, 6.45) is 5.62. The Bertz CT molecular complexity index is 327. The van der Waals surface area contributed by atoms with Crippen LogP contribution in [0.15, 0.2) is 0 Å². The SMILES string of the molecule is CC(C)(C)C1CCCCC1NC(=O)CC1CSCCN1.Cl. The van der Waals surface area contributed by atoms with E-state index in [0.29, 0.717) is 24.4 Å². The third-order valence-electron chi connectivity index (χ3n) is 4.65. The molecule has 21 heavy (non-hydrogen) atoms. The van der Waals surface area contributed by atoms with Crippen molar-refractivity contribution in [1.29, 1.82) is 0 Å². The van der Waals surface area contributed by atoms with Gasteiger partial charge >= 0.3 is 0 Å². The lowest BCUT2D eigenvalue weighted by Gasteiger charge is -2.41. The predicted octanol–water partition coefficient (Wildman–Crippen LogP) is 3.22. The number of hydrogen-bond donors (Lipinski definition) is 2. The number of nitrogens with one attached hydrogen (secondary N) is 2. The average Bonchev–Trinajstić information content (AvgIpc) is 2.39. The van der Waals surface area contributed by atoms with E-state index >= 15 is 0 Å². The van der Waals surface area contributed by atoms with Gasteiger partial charge in [0.2, 0.25) is 5.91 Å². The Morgan fingerprint density at radius 2 is 2.00 bits per heavy atom. The van der Waals surface area contributed by atoms with Crippen molar-refractivity contribution in [2.45, 2.75) is 65.0 Å². The Morgan fingerprint density at radius 1 is 1.29 bits per heavy atom. The number of halogens is 1. The van der Waals surface area contributed by atoms with Crippen molar-refractivity contribution in [2.75, 3.05) is 18.1 Å². The summed E-state index contributed by atoms with van der Waals surface area (Å²) in [6.45, 7) is 7.96. The zero-order valence-corrected chi connectivity index (χ0v) is 15.2. The summed E-state index contributed by atoms with van der Waals surface area (Å²) in [5.41, 5.74) is 0.289. The number of hydrogen-bond acceptors (Lipinski definition) is 3. The lowest BCUT2D eigenvalue weighted by atomic mass is 9.69. The van der Waals surface area contributed by atoms with Gasteiger partial charge < -0.3 is 10.6 Å². The molecule has 1 saturated heterocycles. The molecule has 3 atom stereocenters. The molecule has 2 fully saturated rings. The van der Waals surface area contributed by atoms with Crippen LogP contribution >= 0.6 is 24.2 Å². The molecule has 0 bridgehead atoms. The summed E-state index contributed by atoms with van der Waals surface area (Å²) in [4.78, 5) is 12.3. The topological polar surface area (TPSA) is 41.1 Å². The standard InChI is InChI=1S/C16H30N2OS.ClH/c1-16(2,3)13-6-4-5-7-14(13)18-15(19)10-12-11-20-9-8-17-12;/h12-14,17H,4-11H2,1-3H3,(H,18,19);1H. The zero-order chi connectivity index (χ0) is 14.6. The van der Waals surface area contributed by atoms with E-state index in [-0.39, 0.29) is 23.7 Å². The largest absolute Gasteiger partial charge is 0.353 e. The Morgan fingerprint density at radius 3 is 2.62 bits per heavy atom. The Balaban J connectivity index is 0.00000220. The summed E-state index contributed by atoms with van der Waals surface area (Å²) in [7, 11) is 0. The highest BCUT2D eigenvalue weighted by atomic mass is 35.5. The first-order valence-corrected chi connectivity index (χ1v) is 9.23. The number of carbonyl (C=O) groups excluding carboxylic acids is 1. The molecule has 1 aliphatic heterocycles. The van der Waals surface area contributed by atoms with Gasteiger partial charge in [-0.05, 0) is 24.2 Å². The fourth-order valence-electron chi connectivity index (χ4n) is 3.58. The fourth-order valence-corrected chi connectivity index (χ4v) is 4.53. The molecule has 1 heterocycles. The van der Waals surface area contributed by atoms with Gasteiger partial charge in [-0.25, -0.2) is 0 Å². The number of amides is 1. The maximum atomic E-state index is 12.3. The molecule has 1 amide bonds. The van der Waals surface area contributed by atoms with Gasteiger partial charge in [0.25, 0.3) is 0 Å². The van der Waals surface area contributed by atoms with Crippen LogP contribution in [-0.2, 0) is 4.79 Å². The second-order valence-electron chi connectivity index (χ2n) is 7.36. The molecule has 3 nitrogen and oxygen atoms in total. The molecule has 0 spiro atoms. The Hall–Kier alpha value is 0.0700. The van der Waals surface area contributed by atoms with Crippen LogP contribution in [0.2, 0.25) is 0 Å². The molecule has 0 aromatic carbocycles. The second kappa shape index (κ2) is 8.64. The lowest BCUT2D eigenvalue weighted by Crippen LogP contribution is -2.49. The maximum absolute atomic E-state index is 12.3. The fraction of sp³-hybridized carbons (Fsp3) is 0.938. The summed E-state index contributed by atoms with van der Waals surface area (Å²) in [5.74, 6) is 3.10. The quantitative estimate of drug-likeness (QED) is 0.832. The van der Waals surface area contributed by atoms with Gasteiger partial charge in [-0.15, -0.1) is 12.4 Å². The number of thioether (sulfide) groups is 1. The van der Waals surface area contributed by atoms with Crippen LogP contribution in [0.3, 0.4) is 0 Å². The van der Waals surface area contributed by atoms with E-state index < -0.39 is 0 Å². The third-order valence-corrected chi connectivity index (χ3v) is 5.79. The van der Waals surface area contributed by atoms with Crippen molar-refractivity contribution in [3.05, 3.63) is 0 Å². The summed E-state index contributed by atoms with van der Waals surface area (Å²) in [6, 6.07) is 0.748. The molecule has 2 aliphatic rings. The monoisotopic (exact) mass is 334 g/mol. The molecule has 0 aromatic rings. The summed E-state index contributed by atoms with van der Waals surface area (Å²) in [5, 5.41) is 6.78. The van der Waals surface area contributed by atoms with Gasteiger partial charge in [-0.1, -0.05) is 33.6 Å². The van der Waals surface area contributed by atoms with Crippen LogP contribution in [0.25, 0.3) is 0 Å². The van der Waals surface area contributed by atoms with Gasteiger partial charge in [-0.3, -0.25) is 4.79 Å². The van der Waals surface area contributed by atoms with Crippen molar-refractivity contribution in [2.24, 2.45) is 11.3 Å². The molecular formula is C16H31ClN2OS. The highest BCUT2D eigenvalue weighted by Crippen LogP contribution is 2.38. The van der Waals surface area contributed by atoms with Crippen LogP contribution in [0.4, 0.5) is 0 Å². The minimum absolute atomic E-state index is 0. The van der Waals surface area contributed by atoms with Crippen LogP contribution in [0.1, 0.15) is 52.9 Å². The van der Waals surface area contributed by atoms with E-state index in [9.17, 15) is 4.79 Å². The van der Waals surface area contributed by atoms with E-state index in [1.54, 1.807) is 0 Å². The number of rotatable bonds is 3. The first-order chi connectivity index (χ1) is 9.47. The van der Waals surface area contributed by atoms with E-state index in [4.69, 9.17) is 0 Å². The Labute approximate surface area is 140 Å². The van der Waals surface area contributed by atoms with Crippen LogP contribution in [0, 0.1) is 11.3 Å². The molecule has 124 valence electrons. The maximum Gasteiger partial charge on any atom is 0.221 e.